The number of carbonyl (C=O) groups excluding carboxylic acids is 1. The maximum Gasteiger partial charge on any atom is 0.216 e. The molecule has 0 bridgehead atoms. The highest BCUT2D eigenvalue weighted by atomic mass is 35.5. The van der Waals surface area contributed by atoms with Gasteiger partial charge in [-0.15, -0.1) is 12.4 Å². The summed E-state index contributed by atoms with van der Waals surface area (Å²) in [6, 6.07) is 3.60. The van der Waals surface area contributed by atoms with E-state index in [2.05, 4.69) is 5.32 Å². The van der Waals surface area contributed by atoms with Gasteiger partial charge in [0.2, 0.25) is 5.91 Å². The van der Waals surface area contributed by atoms with E-state index in [0.29, 0.717) is 18.2 Å². The predicted molar refractivity (Wildman–Crippen MR) is 74.1 cm³/mol. The fourth-order valence-electron chi connectivity index (χ4n) is 2.56. The molecule has 0 radical (unpaired) electrons. The molecular formula is C13H19ClN2O2. The third-order valence-electron chi connectivity index (χ3n) is 3.39. The molecular weight excluding hydrogens is 252 g/mol. The van der Waals surface area contributed by atoms with Crippen LogP contribution in [0.3, 0.4) is 0 Å². The average molecular weight is 271 g/mol. The first-order valence-electron chi connectivity index (χ1n) is 5.94. The van der Waals surface area contributed by atoms with Crippen LogP contribution in [0.15, 0.2) is 12.1 Å². The summed E-state index contributed by atoms with van der Waals surface area (Å²) in [5, 5.41) is 12.4. The Kier molecular flexibility index (Phi) is 4.84. The molecule has 18 heavy (non-hydrogen) atoms. The molecule has 4 nitrogen and oxygen atoms in total. The molecule has 100 valence electrons. The highest BCUT2D eigenvalue weighted by Crippen LogP contribution is 2.42. The van der Waals surface area contributed by atoms with E-state index in [1.807, 2.05) is 6.07 Å². The Balaban J connectivity index is 0.00000162. The van der Waals surface area contributed by atoms with E-state index in [4.69, 9.17) is 5.73 Å². The van der Waals surface area contributed by atoms with Gasteiger partial charge in [-0.2, -0.15) is 0 Å². The minimum Gasteiger partial charge on any atom is -0.506 e. The van der Waals surface area contributed by atoms with Crippen LogP contribution < -0.4 is 11.1 Å². The molecule has 0 saturated carbocycles. The van der Waals surface area contributed by atoms with Crippen molar-refractivity contribution >= 4 is 24.0 Å². The van der Waals surface area contributed by atoms with Crippen LogP contribution in [0.1, 0.15) is 36.8 Å². The second-order valence-corrected chi connectivity index (χ2v) is 4.58. The summed E-state index contributed by atoms with van der Waals surface area (Å²) >= 11 is 0. The first-order valence-corrected chi connectivity index (χ1v) is 5.94. The largest absolute Gasteiger partial charge is 0.506 e. The standard InChI is InChI=1S/C13H18N2O2.ClH/c1-8(16)15-7-6-10-3-2-9-4-5-11(17)13(14)12(9)10;/h4-5,10,17H,2-3,6-7,14H2,1H3,(H,15,16);1H. The van der Waals surface area contributed by atoms with Gasteiger partial charge in [0, 0.05) is 13.5 Å². The van der Waals surface area contributed by atoms with Crippen LogP contribution in [-0.4, -0.2) is 17.6 Å². The van der Waals surface area contributed by atoms with Crippen LogP contribution in [0, 0.1) is 0 Å². The molecule has 1 aliphatic rings. The van der Waals surface area contributed by atoms with Crippen molar-refractivity contribution < 1.29 is 9.90 Å². The molecule has 1 aliphatic carbocycles. The zero-order valence-electron chi connectivity index (χ0n) is 10.4. The van der Waals surface area contributed by atoms with E-state index < -0.39 is 0 Å². The summed E-state index contributed by atoms with van der Waals surface area (Å²) in [6.07, 6.45) is 2.92. The van der Waals surface area contributed by atoms with Crippen LogP contribution >= 0.6 is 12.4 Å². The molecule has 1 unspecified atom stereocenters. The number of nitrogen functional groups attached to an aromatic ring is 1. The minimum absolute atomic E-state index is 0. The zero-order valence-corrected chi connectivity index (χ0v) is 11.2. The summed E-state index contributed by atoms with van der Waals surface area (Å²) in [6.45, 7) is 2.18. The minimum atomic E-state index is -0.00731. The van der Waals surface area contributed by atoms with Gasteiger partial charge >= 0.3 is 0 Å². The quantitative estimate of drug-likeness (QED) is 0.580. The lowest BCUT2D eigenvalue weighted by atomic mass is 9.96. The van der Waals surface area contributed by atoms with E-state index in [9.17, 15) is 9.90 Å². The number of rotatable bonds is 3. The van der Waals surface area contributed by atoms with Crippen molar-refractivity contribution in [2.45, 2.75) is 32.1 Å². The summed E-state index contributed by atoms with van der Waals surface area (Å²) in [5.74, 6) is 0.506. The molecule has 4 N–H and O–H groups in total. The molecule has 0 saturated heterocycles. The molecule has 0 aromatic heterocycles. The van der Waals surface area contributed by atoms with E-state index in [1.54, 1.807) is 6.07 Å². The van der Waals surface area contributed by atoms with Crippen LogP contribution in [0.2, 0.25) is 0 Å². The van der Waals surface area contributed by atoms with Crippen LogP contribution in [0.4, 0.5) is 5.69 Å². The fraction of sp³-hybridized carbons (Fsp3) is 0.462. The Bertz CT molecular complexity index is 449. The number of nitrogens with two attached hydrogens (primary N) is 1. The Morgan fingerprint density at radius 2 is 2.28 bits per heavy atom. The number of halogens is 1. The Morgan fingerprint density at radius 3 is 2.94 bits per heavy atom. The average Bonchev–Trinajstić information content (AvgIpc) is 2.67. The lowest BCUT2D eigenvalue weighted by molar-refractivity contribution is -0.118. The SMILES string of the molecule is CC(=O)NCCC1CCc2ccc(O)c(N)c21.Cl. The van der Waals surface area contributed by atoms with E-state index in [1.165, 1.54) is 12.5 Å². The smallest absolute Gasteiger partial charge is 0.216 e. The van der Waals surface area contributed by atoms with Crippen molar-refractivity contribution in [3.63, 3.8) is 0 Å². The van der Waals surface area contributed by atoms with Crippen molar-refractivity contribution in [1.82, 2.24) is 5.32 Å². The molecule has 1 amide bonds. The highest BCUT2D eigenvalue weighted by Gasteiger charge is 2.25. The van der Waals surface area contributed by atoms with E-state index in [0.717, 1.165) is 24.8 Å². The molecule has 0 fully saturated rings. The van der Waals surface area contributed by atoms with Gasteiger partial charge in [0.25, 0.3) is 0 Å². The summed E-state index contributed by atoms with van der Waals surface area (Å²) in [5.41, 5.74) is 8.73. The van der Waals surface area contributed by atoms with Crippen LogP contribution in [0.5, 0.6) is 5.75 Å². The zero-order chi connectivity index (χ0) is 12.4. The fourth-order valence-corrected chi connectivity index (χ4v) is 2.56. The van der Waals surface area contributed by atoms with E-state index in [-0.39, 0.29) is 24.1 Å². The third kappa shape index (κ3) is 2.88. The van der Waals surface area contributed by atoms with Gasteiger partial charge in [-0.3, -0.25) is 4.79 Å². The van der Waals surface area contributed by atoms with Gasteiger partial charge in [-0.25, -0.2) is 0 Å². The number of fused-ring (bicyclic) bond motifs is 1. The van der Waals surface area contributed by atoms with Gasteiger partial charge in [0.05, 0.1) is 5.69 Å². The maximum absolute atomic E-state index is 10.8. The summed E-state index contributed by atoms with van der Waals surface area (Å²) < 4.78 is 0. The van der Waals surface area contributed by atoms with Gasteiger partial charge in [0.15, 0.2) is 0 Å². The Labute approximate surface area is 113 Å². The van der Waals surface area contributed by atoms with Gasteiger partial charge in [-0.1, -0.05) is 6.07 Å². The van der Waals surface area contributed by atoms with Crippen molar-refractivity contribution in [1.29, 1.82) is 0 Å². The van der Waals surface area contributed by atoms with Gasteiger partial charge in [-0.05, 0) is 42.4 Å². The molecule has 1 aromatic rings. The first kappa shape index (κ1) is 14.6. The first-order chi connectivity index (χ1) is 8.09. The Hall–Kier alpha value is -1.42. The highest BCUT2D eigenvalue weighted by molar-refractivity contribution is 5.85. The number of phenolic OH excluding ortho intramolecular Hbond substituents is 1. The Morgan fingerprint density at radius 1 is 1.56 bits per heavy atom. The van der Waals surface area contributed by atoms with Crippen molar-refractivity contribution in [2.75, 3.05) is 12.3 Å². The monoisotopic (exact) mass is 270 g/mol. The summed E-state index contributed by atoms with van der Waals surface area (Å²) in [4.78, 5) is 10.8. The second kappa shape index (κ2) is 5.96. The number of nitrogens with one attached hydrogen (secondary N) is 1. The number of hydrogen-bond acceptors (Lipinski definition) is 3. The third-order valence-corrected chi connectivity index (χ3v) is 3.39. The van der Waals surface area contributed by atoms with E-state index >= 15 is 0 Å². The number of benzene rings is 1. The number of carbonyl (C=O) groups is 1. The lowest BCUT2D eigenvalue weighted by Crippen LogP contribution is -2.22. The molecule has 0 aliphatic heterocycles. The molecule has 5 heteroatoms. The molecule has 0 heterocycles. The topological polar surface area (TPSA) is 75.3 Å². The van der Waals surface area contributed by atoms with Crippen molar-refractivity contribution in [2.24, 2.45) is 0 Å². The van der Waals surface area contributed by atoms with Crippen LogP contribution in [-0.2, 0) is 11.2 Å². The molecule has 1 aromatic carbocycles. The number of anilines is 1. The van der Waals surface area contributed by atoms with Crippen molar-refractivity contribution in [3.05, 3.63) is 23.3 Å². The van der Waals surface area contributed by atoms with Gasteiger partial charge < -0.3 is 16.2 Å². The van der Waals surface area contributed by atoms with Gasteiger partial charge in [0.1, 0.15) is 5.75 Å². The lowest BCUT2D eigenvalue weighted by Gasteiger charge is -2.14. The summed E-state index contributed by atoms with van der Waals surface area (Å²) in [7, 11) is 0. The molecule has 1 atom stereocenters. The predicted octanol–water partition coefficient (Wildman–Crippen LogP) is 1.95. The number of aryl methyl sites for hydroxylation is 1. The molecule has 0 spiro atoms. The molecule has 2 rings (SSSR count). The number of aromatic hydroxyl groups is 1. The second-order valence-electron chi connectivity index (χ2n) is 4.58. The maximum atomic E-state index is 10.8. The normalized spacial score (nSPS) is 16.8. The van der Waals surface area contributed by atoms with Crippen LogP contribution in [0.25, 0.3) is 0 Å². The number of hydrogen-bond donors (Lipinski definition) is 3. The number of amides is 1. The number of phenols is 1. The van der Waals surface area contributed by atoms with Crippen molar-refractivity contribution in [3.8, 4) is 5.75 Å².